The number of carbonyl (C=O) groups is 1. The van der Waals surface area contributed by atoms with Crippen LogP contribution in [0.1, 0.15) is 34.2 Å². The van der Waals surface area contributed by atoms with Gasteiger partial charge in [0.25, 0.3) is 5.91 Å². The second kappa shape index (κ2) is 6.81. The molecule has 0 aliphatic carbocycles. The number of nitrogens with zero attached hydrogens (tertiary/aromatic N) is 1. The molecule has 0 saturated heterocycles. The molecule has 0 spiro atoms. The van der Waals surface area contributed by atoms with Crippen LogP contribution in [0, 0.1) is 25.7 Å². The monoisotopic (exact) mass is 280 g/mol. The molecule has 1 aromatic heterocycles. The minimum Gasteiger partial charge on any atom is -0.349 e. The Morgan fingerprint density at radius 2 is 1.95 bits per heavy atom. The van der Waals surface area contributed by atoms with Gasteiger partial charge in [-0.1, -0.05) is 30.0 Å². The number of amides is 1. The van der Waals surface area contributed by atoms with Crippen molar-refractivity contribution in [1.82, 2.24) is 9.88 Å². The van der Waals surface area contributed by atoms with E-state index < -0.39 is 0 Å². The van der Waals surface area contributed by atoms with Crippen molar-refractivity contribution in [2.45, 2.75) is 27.3 Å². The summed E-state index contributed by atoms with van der Waals surface area (Å²) >= 11 is 0. The van der Waals surface area contributed by atoms with Crippen LogP contribution in [-0.2, 0) is 6.54 Å². The van der Waals surface area contributed by atoms with E-state index >= 15 is 0 Å². The van der Waals surface area contributed by atoms with Gasteiger partial charge in [-0.2, -0.15) is 0 Å². The van der Waals surface area contributed by atoms with Gasteiger partial charge in [-0.25, -0.2) is 0 Å². The van der Waals surface area contributed by atoms with Gasteiger partial charge < -0.3 is 9.88 Å². The fourth-order valence-electron chi connectivity index (χ4n) is 2.41. The van der Waals surface area contributed by atoms with Crippen molar-refractivity contribution in [2.75, 3.05) is 6.54 Å². The van der Waals surface area contributed by atoms with Gasteiger partial charge in [-0.3, -0.25) is 4.79 Å². The van der Waals surface area contributed by atoms with Gasteiger partial charge in [0.05, 0.1) is 12.1 Å². The molecule has 3 nitrogen and oxygen atoms in total. The van der Waals surface area contributed by atoms with E-state index in [1.807, 2.05) is 50.2 Å². The van der Waals surface area contributed by atoms with E-state index in [1.165, 1.54) is 0 Å². The number of nitrogens with one attached hydrogen (secondary N) is 1. The molecule has 0 aliphatic rings. The number of aryl methyl sites for hydroxylation is 1. The maximum absolute atomic E-state index is 12.2. The number of hydrogen-bond donors (Lipinski definition) is 1. The molecule has 0 bridgehead atoms. The predicted molar refractivity (Wildman–Crippen MR) is 85.2 cm³/mol. The highest BCUT2D eigenvalue weighted by molar-refractivity contribution is 5.95. The molecule has 0 atom stereocenters. The van der Waals surface area contributed by atoms with Gasteiger partial charge in [-0.15, -0.1) is 0 Å². The summed E-state index contributed by atoms with van der Waals surface area (Å²) in [5.41, 5.74) is 3.80. The number of benzene rings is 1. The molecular formula is C18H20N2O. The zero-order chi connectivity index (χ0) is 15.2. The number of carbonyl (C=O) groups excluding carboxylic acids is 1. The van der Waals surface area contributed by atoms with E-state index in [-0.39, 0.29) is 5.91 Å². The maximum atomic E-state index is 12.2. The summed E-state index contributed by atoms with van der Waals surface area (Å²) < 4.78 is 2.13. The fraction of sp³-hybridized carbons (Fsp3) is 0.278. The Hall–Kier alpha value is -2.47. The highest BCUT2D eigenvalue weighted by atomic mass is 16.1. The first-order chi connectivity index (χ1) is 10.1. The lowest BCUT2D eigenvalue weighted by molar-refractivity contribution is 0.0958. The summed E-state index contributed by atoms with van der Waals surface area (Å²) in [5, 5.41) is 2.85. The van der Waals surface area contributed by atoms with E-state index in [2.05, 4.69) is 28.6 Å². The van der Waals surface area contributed by atoms with Crippen molar-refractivity contribution in [2.24, 2.45) is 0 Å². The molecule has 0 saturated carbocycles. The van der Waals surface area contributed by atoms with Gasteiger partial charge in [-0.05, 0) is 39.0 Å². The zero-order valence-corrected chi connectivity index (χ0v) is 12.7. The minimum atomic E-state index is -0.0647. The highest BCUT2D eigenvalue weighted by Gasteiger charge is 2.13. The summed E-state index contributed by atoms with van der Waals surface area (Å²) in [6.45, 7) is 7.29. The zero-order valence-electron chi connectivity index (χ0n) is 12.7. The molecule has 21 heavy (non-hydrogen) atoms. The maximum Gasteiger partial charge on any atom is 0.253 e. The molecule has 0 unspecified atom stereocenters. The first-order valence-corrected chi connectivity index (χ1v) is 7.12. The Labute approximate surface area is 126 Å². The van der Waals surface area contributed by atoms with Crippen LogP contribution in [0.3, 0.4) is 0 Å². The van der Waals surface area contributed by atoms with Crippen molar-refractivity contribution in [3.05, 3.63) is 58.9 Å². The molecule has 2 aromatic rings. The second-order valence-corrected chi connectivity index (χ2v) is 4.88. The fourth-order valence-corrected chi connectivity index (χ4v) is 2.41. The number of rotatable bonds is 3. The average Bonchev–Trinajstić information content (AvgIpc) is 2.79. The summed E-state index contributed by atoms with van der Waals surface area (Å²) in [4.78, 5) is 12.2. The van der Waals surface area contributed by atoms with Crippen LogP contribution < -0.4 is 5.32 Å². The Morgan fingerprint density at radius 1 is 1.24 bits per heavy atom. The minimum absolute atomic E-state index is 0.0647. The third-order valence-corrected chi connectivity index (χ3v) is 3.48. The number of aromatic nitrogens is 1. The lowest BCUT2D eigenvalue weighted by Crippen LogP contribution is -2.24. The van der Waals surface area contributed by atoms with Crippen molar-refractivity contribution in [3.8, 4) is 11.8 Å². The number of hydrogen-bond acceptors (Lipinski definition) is 1. The van der Waals surface area contributed by atoms with Crippen LogP contribution in [0.4, 0.5) is 0 Å². The SMILES string of the molecule is CCn1c(C)cc(C(=O)NCC#Cc2ccccc2)c1C. The molecule has 0 aliphatic heterocycles. The Balaban J connectivity index is 1.99. The van der Waals surface area contributed by atoms with Gasteiger partial charge in [0, 0.05) is 23.5 Å². The van der Waals surface area contributed by atoms with Crippen LogP contribution in [0.25, 0.3) is 0 Å². The lowest BCUT2D eigenvalue weighted by atomic mass is 10.2. The first-order valence-electron chi connectivity index (χ1n) is 7.12. The molecule has 1 aromatic carbocycles. The standard InChI is InChI=1S/C18H20N2O/c1-4-20-14(2)13-17(15(20)3)18(21)19-12-8-11-16-9-6-5-7-10-16/h5-7,9-10,13H,4,12H2,1-3H3,(H,19,21). The molecule has 0 radical (unpaired) electrons. The van der Waals surface area contributed by atoms with Crippen LogP contribution in [0.5, 0.6) is 0 Å². The smallest absolute Gasteiger partial charge is 0.253 e. The van der Waals surface area contributed by atoms with E-state index in [0.29, 0.717) is 6.54 Å². The molecule has 3 heteroatoms. The topological polar surface area (TPSA) is 34.0 Å². The molecular weight excluding hydrogens is 260 g/mol. The lowest BCUT2D eigenvalue weighted by Gasteiger charge is -2.05. The Bertz CT molecular complexity index is 687. The Morgan fingerprint density at radius 3 is 2.57 bits per heavy atom. The van der Waals surface area contributed by atoms with Gasteiger partial charge in [0.15, 0.2) is 0 Å². The van der Waals surface area contributed by atoms with Crippen molar-refractivity contribution in [3.63, 3.8) is 0 Å². The third kappa shape index (κ3) is 3.55. The van der Waals surface area contributed by atoms with E-state index in [9.17, 15) is 4.79 Å². The average molecular weight is 280 g/mol. The Kier molecular flexibility index (Phi) is 4.84. The highest BCUT2D eigenvalue weighted by Crippen LogP contribution is 2.14. The van der Waals surface area contributed by atoms with Crippen molar-refractivity contribution in [1.29, 1.82) is 0 Å². The summed E-state index contributed by atoms with van der Waals surface area (Å²) in [6.07, 6.45) is 0. The molecule has 1 N–H and O–H groups in total. The first kappa shape index (κ1) is 14.9. The molecule has 108 valence electrons. The summed E-state index contributed by atoms with van der Waals surface area (Å²) in [7, 11) is 0. The van der Waals surface area contributed by atoms with Gasteiger partial charge in [0.2, 0.25) is 0 Å². The van der Waals surface area contributed by atoms with Gasteiger partial charge in [0.1, 0.15) is 0 Å². The quantitative estimate of drug-likeness (QED) is 0.862. The van der Waals surface area contributed by atoms with Crippen LogP contribution >= 0.6 is 0 Å². The second-order valence-electron chi connectivity index (χ2n) is 4.88. The predicted octanol–water partition coefficient (Wildman–Crippen LogP) is 2.91. The molecule has 2 rings (SSSR count). The van der Waals surface area contributed by atoms with Gasteiger partial charge >= 0.3 is 0 Å². The molecule has 1 amide bonds. The van der Waals surface area contributed by atoms with E-state index in [0.717, 1.165) is 29.1 Å². The van der Waals surface area contributed by atoms with E-state index in [4.69, 9.17) is 0 Å². The molecule has 1 heterocycles. The van der Waals surface area contributed by atoms with Crippen molar-refractivity contribution < 1.29 is 4.79 Å². The molecule has 0 fully saturated rings. The summed E-state index contributed by atoms with van der Waals surface area (Å²) in [6, 6.07) is 11.7. The van der Waals surface area contributed by atoms with Crippen molar-refractivity contribution >= 4 is 5.91 Å². The third-order valence-electron chi connectivity index (χ3n) is 3.48. The van der Waals surface area contributed by atoms with Crippen LogP contribution in [0.15, 0.2) is 36.4 Å². The van der Waals surface area contributed by atoms with E-state index in [1.54, 1.807) is 0 Å². The normalized spacial score (nSPS) is 9.86. The van der Waals surface area contributed by atoms with Crippen LogP contribution in [-0.4, -0.2) is 17.0 Å². The summed E-state index contributed by atoms with van der Waals surface area (Å²) in [5.74, 6) is 5.93. The van der Waals surface area contributed by atoms with Crippen LogP contribution in [0.2, 0.25) is 0 Å². The largest absolute Gasteiger partial charge is 0.349 e.